The summed E-state index contributed by atoms with van der Waals surface area (Å²) in [5.74, 6) is 2.52. The van der Waals surface area contributed by atoms with E-state index in [4.69, 9.17) is 9.47 Å². The quantitative estimate of drug-likeness (QED) is 0.637. The van der Waals surface area contributed by atoms with Gasteiger partial charge >= 0.3 is 0 Å². The van der Waals surface area contributed by atoms with E-state index in [9.17, 15) is 0 Å². The number of fused-ring (bicyclic) bond motifs is 2. The Labute approximate surface area is 173 Å². The van der Waals surface area contributed by atoms with Crippen molar-refractivity contribution in [3.8, 4) is 21.9 Å². The van der Waals surface area contributed by atoms with Gasteiger partial charge in [-0.05, 0) is 47.9 Å². The fourth-order valence-electron chi connectivity index (χ4n) is 3.43. The number of thiophene rings is 1. The summed E-state index contributed by atoms with van der Waals surface area (Å²) in [7, 11) is 0. The molecule has 146 valence electrons. The monoisotopic (exact) mass is 403 g/mol. The lowest BCUT2D eigenvalue weighted by Gasteiger charge is -2.16. The minimum Gasteiger partial charge on any atom is -0.454 e. The van der Waals surface area contributed by atoms with Gasteiger partial charge in [0.25, 0.3) is 0 Å². The summed E-state index contributed by atoms with van der Waals surface area (Å²) in [6, 6.07) is 16.7. The zero-order valence-electron chi connectivity index (χ0n) is 16.1. The maximum atomic E-state index is 5.47. The summed E-state index contributed by atoms with van der Waals surface area (Å²) < 4.78 is 10.9. The van der Waals surface area contributed by atoms with Crippen molar-refractivity contribution in [1.29, 1.82) is 0 Å². The van der Waals surface area contributed by atoms with E-state index in [1.165, 1.54) is 10.4 Å². The molecule has 3 heterocycles. The van der Waals surface area contributed by atoms with Crippen molar-refractivity contribution < 1.29 is 9.47 Å². The number of amidine groups is 1. The summed E-state index contributed by atoms with van der Waals surface area (Å²) in [5.41, 5.74) is 5.68. The number of nitrogens with zero attached hydrogens (tertiary/aromatic N) is 1. The third-order valence-corrected chi connectivity index (χ3v) is 6.18. The van der Waals surface area contributed by atoms with Gasteiger partial charge in [0.1, 0.15) is 12.5 Å². The summed E-state index contributed by atoms with van der Waals surface area (Å²) in [6.07, 6.45) is 0. The highest BCUT2D eigenvalue weighted by molar-refractivity contribution is 7.18. The zero-order chi connectivity index (χ0) is 19.8. The molecule has 0 bridgehead atoms. The van der Waals surface area contributed by atoms with Crippen molar-refractivity contribution in [2.24, 2.45) is 4.99 Å². The van der Waals surface area contributed by atoms with Crippen LogP contribution in [-0.4, -0.2) is 19.3 Å². The number of aliphatic imine (C=N–C) groups is 1. The van der Waals surface area contributed by atoms with Crippen LogP contribution in [0.1, 0.15) is 22.9 Å². The zero-order valence-corrected chi connectivity index (χ0v) is 16.9. The number of nitrogens with one attached hydrogen (secondary N) is 2. The number of hydrogen-bond acceptors (Lipinski definition) is 6. The second-order valence-corrected chi connectivity index (χ2v) is 8.15. The molecular weight excluding hydrogens is 382 g/mol. The molecule has 2 N–H and O–H groups in total. The Hall–Kier alpha value is -3.25. The first-order chi connectivity index (χ1) is 14.2. The summed E-state index contributed by atoms with van der Waals surface area (Å²) >= 11 is 1.74. The maximum Gasteiger partial charge on any atom is 0.231 e. The Bertz CT molecular complexity index is 1130. The summed E-state index contributed by atoms with van der Waals surface area (Å²) in [5, 5.41) is 6.87. The molecule has 29 heavy (non-hydrogen) atoms. The van der Waals surface area contributed by atoms with Crippen LogP contribution in [0, 0.1) is 0 Å². The molecule has 3 aromatic rings. The van der Waals surface area contributed by atoms with Crippen LogP contribution in [0.2, 0.25) is 0 Å². The Balaban J connectivity index is 1.37. The van der Waals surface area contributed by atoms with E-state index in [0.717, 1.165) is 44.6 Å². The van der Waals surface area contributed by atoms with Crippen LogP contribution in [0.4, 0.5) is 5.69 Å². The Morgan fingerprint density at radius 2 is 2.07 bits per heavy atom. The highest BCUT2D eigenvalue weighted by Crippen LogP contribution is 2.37. The van der Waals surface area contributed by atoms with E-state index in [1.807, 2.05) is 25.1 Å². The Kier molecular flexibility index (Phi) is 4.48. The van der Waals surface area contributed by atoms with E-state index in [1.54, 1.807) is 11.3 Å². The van der Waals surface area contributed by atoms with Gasteiger partial charge in [0, 0.05) is 11.4 Å². The predicted molar refractivity (Wildman–Crippen MR) is 119 cm³/mol. The highest BCUT2D eigenvalue weighted by Gasteiger charge is 2.19. The van der Waals surface area contributed by atoms with Gasteiger partial charge in [-0.15, -0.1) is 11.3 Å². The fourth-order valence-corrected chi connectivity index (χ4v) is 4.54. The topological polar surface area (TPSA) is 54.9 Å². The lowest BCUT2D eigenvalue weighted by molar-refractivity contribution is 0.174. The van der Waals surface area contributed by atoms with Gasteiger partial charge in [-0.25, -0.2) is 4.99 Å². The lowest BCUT2D eigenvalue weighted by Crippen LogP contribution is -2.27. The molecular formula is C23H21N3O2S. The molecule has 0 fully saturated rings. The third-order valence-electron chi connectivity index (χ3n) is 4.99. The molecule has 6 heteroatoms. The summed E-state index contributed by atoms with van der Waals surface area (Å²) in [6.45, 7) is 7.62. The van der Waals surface area contributed by atoms with Gasteiger partial charge in [0.15, 0.2) is 11.5 Å². The Morgan fingerprint density at radius 1 is 1.17 bits per heavy atom. The normalized spacial score (nSPS) is 14.0. The number of allylic oxidation sites excluding steroid dienone is 1. The standard InChI is InChI=1S/C23H21N3O2S/c1-14(2)16-4-3-5-17(9-16)21-10-18-22(29-21)23(26-12-25-18)24-11-15-6-7-19-20(8-15)28-13-27-19/h3-10,25H,1,11-13H2,2H3,(H,24,26). The molecule has 5 nitrogen and oxygen atoms in total. The molecule has 2 aromatic carbocycles. The first-order valence-electron chi connectivity index (χ1n) is 9.48. The molecule has 0 amide bonds. The number of rotatable bonds is 4. The molecule has 5 rings (SSSR count). The molecule has 0 unspecified atom stereocenters. The van der Waals surface area contributed by atoms with Crippen molar-refractivity contribution in [1.82, 2.24) is 5.32 Å². The first-order valence-corrected chi connectivity index (χ1v) is 10.3. The van der Waals surface area contributed by atoms with Crippen molar-refractivity contribution in [3.63, 3.8) is 0 Å². The van der Waals surface area contributed by atoms with Gasteiger partial charge in [-0.2, -0.15) is 0 Å². The lowest BCUT2D eigenvalue weighted by atomic mass is 10.0. The number of benzene rings is 2. The molecule has 0 saturated carbocycles. The molecule has 0 atom stereocenters. The van der Waals surface area contributed by atoms with Gasteiger partial charge in [-0.1, -0.05) is 36.4 Å². The third kappa shape index (κ3) is 3.47. The van der Waals surface area contributed by atoms with Crippen molar-refractivity contribution >= 4 is 28.4 Å². The number of ether oxygens (including phenoxy) is 2. The van der Waals surface area contributed by atoms with E-state index in [-0.39, 0.29) is 0 Å². The van der Waals surface area contributed by atoms with Crippen LogP contribution in [-0.2, 0) is 6.54 Å². The molecule has 2 aliphatic rings. The van der Waals surface area contributed by atoms with E-state index < -0.39 is 0 Å². The Morgan fingerprint density at radius 3 is 2.97 bits per heavy atom. The second-order valence-electron chi connectivity index (χ2n) is 7.10. The maximum absolute atomic E-state index is 5.47. The number of anilines is 1. The van der Waals surface area contributed by atoms with Crippen molar-refractivity contribution in [3.05, 3.63) is 71.1 Å². The van der Waals surface area contributed by atoms with Crippen LogP contribution in [0.5, 0.6) is 11.5 Å². The first kappa shape index (κ1) is 17.8. The molecule has 0 spiro atoms. The molecule has 1 aromatic heterocycles. The number of hydrogen-bond donors (Lipinski definition) is 2. The van der Waals surface area contributed by atoms with E-state index in [2.05, 4.69) is 52.5 Å². The minimum atomic E-state index is 0.290. The highest BCUT2D eigenvalue weighted by atomic mass is 32.1. The molecule has 0 saturated heterocycles. The smallest absolute Gasteiger partial charge is 0.231 e. The second kappa shape index (κ2) is 7.29. The average Bonchev–Trinajstić information content (AvgIpc) is 3.39. The van der Waals surface area contributed by atoms with Crippen LogP contribution in [0.3, 0.4) is 0 Å². The average molecular weight is 404 g/mol. The van der Waals surface area contributed by atoms with Gasteiger partial charge in [0.05, 0.1) is 10.6 Å². The molecule has 0 radical (unpaired) electrons. The fraction of sp³-hybridized carbons (Fsp3) is 0.174. The van der Waals surface area contributed by atoms with Crippen molar-refractivity contribution in [2.45, 2.75) is 13.5 Å². The van der Waals surface area contributed by atoms with Gasteiger partial charge in [-0.3, -0.25) is 0 Å². The summed E-state index contributed by atoms with van der Waals surface area (Å²) in [4.78, 5) is 6.99. The molecule has 2 aliphatic heterocycles. The van der Waals surface area contributed by atoms with Gasteiger partial charge in [0.2, 0.25) is 6.79 Å². The SMILES string of the molecule is C=C(C)c1cccc(-c2cc3c(s2)C(NCc2ccc4c(c2)OCO4)=NCN3)c1. The largest absolute Gasteiger partial charge is 0.454 e. The molecule has 0 aliphatic carbocycles. The van der Waals surface area contributed by atoms with Gasteiger partial charge < -0.3 is 20.1 Å². The van der Waals surface area contributed by atoms with Crippen LogP contribution in [0.15, 0.2) is 60.1 Å². The van der Waals surface area contributed by atoms with E-state index >= 15 is 0 Å². The predicted octanol–water partition coefficient (Wildman–Crippen LogP) is 5.10. The van der Waals surface area contributed by atoms with E-state index in [0.29, 0.717) is 20.0 Å². The van der Waals surface area contributed by atoms with Crippen LogP contribution < -0.4 is 20.1 Å². The van der Waals surface area contributed by atoms with Crippen LogP contribution >= 0.6 is 11.3 Å². The van der Waals surface area contributed by atoms with Crippen molar-refractivity contribution in [2.75, 3.05) is 18.8 Å². The van der Waals surface area contributed by atoms with Crippen LogP contribution in [0.25, 0.3) is 16.0 Å². The minimum absolute atomic E-state index is 0.290.